The quantitative estimate of drug-likeness (QED) is 0.542. The van der Waals surface area contributed by atoms with Gasteiger partial charge in [0.15, 0.2) is 0 Å². The topological polar surface area (TPSA) is 65.1 Å². The Bertz CT molecular complexity index is 756. The average molecular weight is 348 g/mol. The molecule has 0 bridgehead atoms. The summed E-state index contributed by atoms with van der Waals surface area (Å²) in [6.45, 7) is 2.84. The van der Waals surface area contributed by atoms with Gasteiger partial charge in [0.1, 0.15) is 12.2 Å². The number of hydrogen-bond donors (Lipinski definition) is 0. The maximum atomic E-state index is 12.1. The maximum absolute atomic E-state index is 12.1. The molecule has 0 amide bonds. The van der Waals surface area contributed by atoms with Crippen molar-refractivity contribution in [2.24, 2.45) is 0 Å². The van der Waals surface area contributed by atoms with Crippen LogP contribution in [-0.4, -0.2) is 33.8 Å². The molecule has 6 heteroatoms. The third-order valence-electron chi connectivity index (χ3n) is 3.78. The van der Waals surface area contributed by atoms with Crippen LogP contribution in [0.25, 0.3) is 0 Å². The van der Waals surface area contributed by atoms with E-state index in [4.69, 9.17) is 13.7 Å². The largest absolute Gasteiger partial charge is 0.374 e. The van der Waals surface area contributed by atoms with Gasteiger partial charge in [0.05, 0.1) is 24.7 Å². The molecule has 0 aromatic heterocycles. The number of rotatable bonds is 8. The number of benzene rings is 2. The van der Waals surface area contributed by atoms with E-state index in [1.807, 2.05) is 37.3 Å². The van der Waals surface area contributed by atoms with Crippen LogP contribution in [-0.2, 0) is 30.4 Å². The molecule has 0 radical (unpaired) electrons. The molecular formula is C18H20O5S. The molecule has 1 aliphatic heterocycles. The fourth-order valence-corrected chi connectivity index (χ4v) is 3.19. The first-order valence-corrected chi connectivity index (χ1v) is 9.19. The lowest BCUT2D eigenvalue weighted by atomic mass is 10.2. The van der Waals surface area contributed by atoms with Crippen LogP contribution >= 0.6 is 0 Å². The molecule has 0 N–H and O–H groups in total. The summed E-state index contributed by atoms with van der Waals surface area (Å²) in [5, 5.41) is 0. The van der Waals surface area contributed by atoms with Gasteiger partial charge in [-0.05, 0) is 24.6 Å². The SMILES string of the molecule is Cc1ccc(S(=O)(=O)OC[C@H]2O[C@H]2COCc2ccccc2)cc1. The van der Waals surface area contributed by atoms with Gasteiger partial charge in [-0.2, -0.15) is 8.42 Å². The van der Waals surface area contributed by atoms with E-state index in [0.717, 1.165) is 11.1 Å². The Morgan fingerprint density at radius 2 is 1.62 bits per heavy atom. The average Bonchev–Trinajstić information content (AvgIpc) is 3.33. The minimum absolute atomic E-state index is 0.00950. The van der Waals surface area contributed by atoms with Gasteiger partial charge < -0.3 is 9.47 Å². The minimum atomic E-state index is -3.74. The lowest BCUT2D eigenvalue weighted by molar-refractivity contribution is 0.104. The first kappa shape index (κ1) is 17.1. The Kier molecular flexibility index (Phi) is 5.30. The normalized spacial score (nSPS) is 20.0. The van der Waals surface area contributed by atoms with E-state index >= 15 is 0 Å². The minimum Gasteiger partial charge on any atom is -0.374 e. The first-order valence-electron chi connectivity index (χ1n) is 7.78. The van der Waals surface area contributed by atoms with Crippen LogP contribution in [0.15, 0.2) is 59.5 Å². The van der Waals surface area contributed by atoms with Gasteiger partial charge in [0, 0.05) is 0 Å². The summed E-state index contributed by atoms with van der Waals surface area (Å²) < 4.78 is 40.2. The Morgan fingerprint density at radius 3 is 2.33 bits per heavy atom. The van der Waals surface area contributed by atoms with E-state index in [1.165, 1.54) is 0 Å². The molecule has 1 fully saturated rings. The second kappa shape index (κ2) is 7.44. The van der Waals surface area contributed by atoms with Gasteiger partial charge in [-0.25, -0.2) is 0 Å². The van der Waals surface area contributed by atoms with Crippen molar-refractivity contribution in [3.8, 4) is 0 Å². The van der Waals surface area contributed by atoms with Gasteiger partial charge in [-0.1, -0.05) is 48.0 Å². The van der Waals surface area contributed by atoms with Crippen LogP contribution in [0.2, 0.25) is 0 Å². The van der Waals surface area contributed by atoms with E-state index in [0.29, 0.717) is 13.2 Å². The summed E-state index contributed by atoms with van der Waals surface area (Å²) in [6, 6.07) is 16.4. The van der Waals surface area contributed by atoms with Gasteiger partial charge in [-0.15, -0.1) is 0 Å². The van der Waals surface area contributed by atoms with Crippen molar-refractivity contribution in [1.82, 2.24) is 0 Å². The zero-order valence-electron chi connectivity index (χ0n) is 13.4. The Balaban J connectivity index is 1.40. The van der Waals surface area contributed by atoms with E-state index in [-0.39, 0.29) is 23.7 Å². The van der Waals surface area contributed by atoms with Crippen LogP contribution in [0.4, 0.5) is 0 Å². The van der Waals surface area contributed by atoms with Crippen molar-refractivity contribution >= 4 is 10.1 Å². The van der Waals surface area contributed by atoms with Crippen molar-refractivity contribution in [3.05, 3.63) is 65.7 Å². The highest BCUT2D eigenvalue weighted by Crippen LogP contribution is 2.25. The lowest BCUT2D eigenvalue weighted by Crippen LogP contribution is -2.14. The highest BCUT2D eigenvalue weighted by atomic mass is 32.2. The van der Waals surface area contributed by atoms with Crippen LogP contribution in [0.1, 0.15) is 11.1 Å². The van der Waals surface area contributed by atoms with Gasteiger partial charge in [0.25, 0.3) is 10.1 Å². The third kappa shape index (κ3) is 4.64. The fraction of sp³-hybridized carbons (Fsp3) is 0.333. The lowest BCUT2D eigenvalue weighted by Gasteiger charge is -2.05. The van der Waals surface area contributed by atoms with E-state index < -0.39 is 10.1 Å². The van der Waals surface area contributed by atoms with Crippen molar-refractivity contribution in [2.75, 3.05) is 13.2 Å². The highest BCUT2D eigenvalue weighted by molar-refractivity contribution is 7.86. The smallest absolute Gasteiger partial charge is 0.297 e. The van der Waals surface area contributed by atoms with Crippen LogP contribution in [0, 0.1) is 6.92 Å². The molecule has 2 aromatic carbocycles. The van der Waals surface area contributed by atoms with E-state index in [1.54, 1.807) is 24.3 Å². The van der Waals surface area contributed by atoms with E-state index in [9.17, 15) is 8.42 Å². The summed E-state index contributed by atoms with van der Waals surface area (Å²) in [7, 11) is -3.74. The second-order valence-electron chi connectivity index (χ2n) is 5.77. The van der Waals surface area contributed by atoms with Crippen molar-refractivity contribution < 1.29 is 22.1 Å². The molecule has 0 spiro atoms. The van der Waals surface area contributed by atoms with Gasteiger partial charge in [0.2, 0.25) is 0 Å². The van der Waals surface area contributed by atoms with Crippen molar-refractivity contribution in [2.45, 2.75) is 30.6 Å². The molecule has 2 atom stereocenters. The maximum Gasteiger partial charge on any atom is 0.297 e. The first-order chi connectivity index (χ1) is 11.5. The fourth-order valence-electron chi connectivity index (χ4n) is 2.27. The monoisotopic (exact) mass is 348 g/mol. The summed E-state index contributed by atoms with van der Waals surface area (Å²) >= 11 is 0. The molecule has 24 heavy (non-hydrogen) atoms. The Morgan fingerprint density at radius 1 is 0.958 bits per heavy atom. The zero-order chi connectivity index (χ0) is 17.0. The summed E-state index contributed by atoms with van der Waals surface area (Å²) in [4.78, 5) is 0.158. The molecule has 0 aliphatic carbocycles. The molecule has 0 saturated carbocycles. The molecule has 5 nitrogen and oxygen atoms in total. The molecule has 1 aliphatic rings. The molecule has 3 rings (SSSR count). The molecule has 1 heterocycles. The number of epoxide rings is 1. The predicted octanol–water partition coefficient (Wildman–Crippen LogP) is 2.68. The van der Waals surface area contributed by atoms with Crippen LogP contribution in [0.3, 0.4) is 0 Å². The number of hydrogen-bond acceptors (Lipinski definition) is 5. The van der Waals surface area contributed by atoms with Crippen molar-refractivity contribution in [3.63, 3.8) is 0 Å². The highest BCUT2D eigenvalue weighted by Gasteiger charge is 2.40. The number of aryl methyl sites for hydroxylation is 1. The van der Waals surface area contributed by atoms with Gasteiger partial charge >= 0.3 is 0 Å². The molecular weight excluding hydrogens is 328 g/mol. The zero-order valence-corrected chi connectivity index (χ0v) is 14.2. The summed E-state index contributed by atoms with van der Waals surface area (Å²) in [6.07, 6.45) is -0.345. The molecule has 128 valence electrons. The van der Waals surface area contributed by atoms with Crippen LogP contribution < -0.4 is 0 Å². The van der Waals surface area contributed by atoms with Gasteiger partial charge in [-0.3, -0.25) is 4.18 Å². The van der Waals surface area contributed by atoms with E-state index in [2.05, 4.69) is 0 Å². The van der Waals surface area contributed by atoms with Crippen LogP contribution in [0.5, 0.6) is 0 Å². The standard InChI is InChI=1S/C18H20O5S/c1-14-7-9-16(10-8-14)24(19,20)22-13-18-17(23-18)12-21-11-15-5-3-2-4-6-15/h2-10,17-18H,11-13H2,1H3/t17-,18+/m0/s1. The Hall–Kier alpha value is -1.73. The molecule has 2 aromatic rings. The second-order valence-corrected chi connectivity index (χ2v) is 7.38. The summed E-state index contributed by atoms with van der Waals surface area (Å²) in [5.41, 5.74) is 2.09. The Labute approximate surface area is 142 Å². The van der Waals surface area contributed by atoms with Crippen molar-refractivity contribution in [1.29, 1.82) is 0 Å². The molecule has 1 saturated heterocycles. The number of ether oxygens (including phenoxy) is 2. The predicted molar refractivity (Wildman–Crippen MR) is 89.1 cm³/mol. The third-order valence-corrected chi connectivity index (χ3v) is 5.07. The summed E-state index contributed by atoms with van der Waals surface area (Å²) in [5.74, 6) is 0. The molecule has 0 unspecified atom stereocenters.